The van der Waals surface area contributed by atoms with Crippen molar-refractivity contribution in [2.75, 3.05) is 11.9 Å². The molecular weight excluding hydrogens is 261 g/mol. The second kappa shape index (κ2) is 8.28. The van der Waals surface area contributed by atoms with E-state index in [1.54, 1.807) is 24.5 Å². The highest BCUT2D eigenvalue weighted by molar-refractivity contribution is 5.94. The maximum atomic E-state index is 11.8. The van der Waals surface area contributed by atoms with Gasteiger partial charge in [0.05, 0.1) is 6.04 Å². The summed E-state index contributed by atoms with van der Waals surface area (Å²) in [6, 6.07) is 3.55. The molecule has 6 heteroatoms. The van der Waals surface area contributed by atoms with Crippen LogP contribution in [-0.4, -0.2) is 23.5 Å². The van der Waals surface area contributed by atoms with Crippen molar-refractivity contribution in [1.29, 1.82) is 0 Å². The number of hydrogen-bond donors (Lipinski definition) is 2. The minimum atomic E-state index is -0.0353. The Kier molecular flexibility index (Phi) is 7.87. The van der Waals surface area contributed by atoms with E-state index < -0.39 is 0 Å². The van der Waals surface area contributed by atoms with Gasteiger partial charge < -0.3 is 10.6 Å². The Morgan fingerprint density at radius 1 is 1.29 bits per heavy atom. The zero-order valence-electron chi connectivity index (χ0n) is 9.39. The van der Waals surface area contributed by atoms with Crippen LogP contribution in [0.2, 0.25) is 0 Å². The van der Waals surface area contributed by atoms with Crippen molar-refractivity contribution in [3.63, 3.8) is 0 Å². The van der Waals surface area contributed by atoms with E-state index in [1.807, 2.05) is 0 Å². The lowest BCUT2D eigenvalue weighted by Gasteiger charge is -2.22. The maximum absolute atomic E-state index is 11.8. The maximum Gasteiger partial charge on any atom is 0.241 e. The fourth-order valence-electron chi connectivity index (χ4n) is 1.74. The summed E-state index contributed by atoms with van der Waals surface area (Å²) >= 11 is 0. The van der Waals surface area contributed by atoms with Crippen LogP contribution in [0.15, 0.2) is 24.5 Å². The van der Waals surface area contributed by atoms with E-state index in [0.29, 0.717) is 0 Å². The van der Waals surface area contributed by atoms with Gasteiger partial charge in [-0.15, -0.1) is 24.8 Å². The second-order valence-electron chi connectivity index (χ2n) is 3.73. The van der Waals surface area contributed by atoms with Gasteiger partial charge in [-0.3, -0.25) is 9.78 Å². The first-order valence-electron chi connectivity index (χ1n) is 5.30. The molecule has 1 aromatic rings. The van der Waals surface area contributed by atoms with Crippen molar-refractivity contribution >= 4 is 36.4 Å². The third kappa shape index (κ3) is 4.89. The van der Waals surface area contributed by atoms with E-state index in [2.05, 4.69) is 15.6 Å². The minimum absolute atomic E-state index is 0. The Labute approximate surface area is 113 Å². The van der Waals surface area contributed by atoms with Gasteiger partial charge in [-0.2, -0.15) is 0 Å². The van der Waals surface area contributed by atoms with Crippen molar-refractivity contribution in [2.45, 2.75) is 25.3 Å². The van der Waals surface area contributed by atoms with Crippen molar-refractivity contribution < 1.29 is 4.79 Å². The van der Waals surface area contributed by atoms with E-state index in [0.717, 1.165) is 25.1 Å². The molecule has 1 aliphatic heterocycles. The van der Waals surface area contributed by atoms with Crippen LogP contribution in [0.5, 0.6) is 0 Å². The molecule has 1 aromatic heterocycles. The van der Waals surface area contributed by atoms with Crippen molar-refractivity contribution in [3.8, 4) is 0 Å². The van der Waals surface area contributed by atoms with Gasteiger partial charge in [0.25, 0.3) is 0 Å². The van der Waals surface area contributed by atoms with Crippen LogP contribution >= 0.6 is 24.8 Å². The molecule has 0 spiro atoms. The average Bonchev–Trinajstić information content (AvgIpc) is 2.31. The molecule has 96 valence electrons. The predicted molar refractivity (Wildman–Crippen MR) is 73.0 cm³/mol. The molecular formula is C11H17Cl2N3O. The van der Waals surface area contributed by atoms with Crippen LogP contribution in [0, 0.1) is 0 Å². The van der Waals surface area contributed by atoms with Crippen LogP contribution in [-0.2, 0) is 4.79 Å². The summed E-state index contributed by atoms with van der Waals surface area (Å²) in [4.78, 5) is 15.7. The molecule has 1 saturated heterocycles. The zero-order chi connectivity index (χ0) is 10.5. The van der Waals surface area contributed by atoms with E-state index in [1.165, 1.54) is 6.42 Å². The lowest BCUT2D eigenvalue weighted by molar-refractivity contribution is -0.118. The molecule has 0 aromatic carbocycles. The molecule has 0 unspecified atom stereocenters. The van der Waals surface area contributed by atoms with Gasteiger partial charge in [-0.25, -0.2) is 0 Å². The summed E-state index contributed by atoms with van der Waals surface area (Å²) in [7, 11) is 0. The standard InChI is InChI=1S/C11H15N3O.2ClH/c15-11(10-3-1-2-6-13-10)14-9-4-7-12-8-5-9;;/h4-5,7-8,10,13H,1-3,6H2,(H,12,14,15);2*1H/t10-;;/m1../s1. The molecule has 1 atom stereocenters. The van der Waals surface area contributed by atoms with Gasteiger partial charge in [0.1, 0.15) is 0 Å². The molecule has 0 saturated carbocycles. The van der Waals surface area contributed by atoms with Crippen molar-refractivity contribution in [3.05, 3.63) is 24.5 Å². The minimum Gasteiger partial charge on any atom is -0.325 e. The third-order valence-electron chi connectivity index (χ3n) is 2.57. The first-order chi connectivity index (χ1) is 7.36. The highest BCUT2D eigenvalue weighted by Crippen LogP contribution is 2.10. The topological polar surface area (TPSA) is 54.0 Å². The predicted octanol–water partition coefficient (Wildman–Crippen LogP) is 2.01. The molecule has 2 rings (SSSR count). The number of nitrogens with zero attached hydrogens (tertiary/aromatic N) is 1. The monoisotopic (exact) mass is 277 g/mol. The first-order valence-corrected chi connectivity index (χ1v) is 5.30. The Balaban J connectivity index is 0.00000128. The number of anilines is 1. The number of carbonyl (C=O) groups is 1. The molecule has 0 aliphatic carbocycles. The summed E-state index contributed by atoms with van der Waals surface area (Å²) < 4.78 is 0. The van der Waals surface area contributed by atoms with Crippen molar-refractivity contribution in [1.82, 2.24) is 10.3 Å². The van der Waals surface area contributed by atoms with E-state index in [-0.39, 0.29) is 36.8 Å². The highest BCUT2D eigenvalue weighted by atomic mass is 35.5. The molecule has 0 radical (unpaired) electrons. The molecule has 2 N–H and O–H groups in total. The lowest BCUT2D eigenvalue weighted by Crippen LogP contribution is -2.43. The van der Waals surface area contributed by atoms with E-state index in [9.17, 15) is 4.79 Å². The fraction of sp³-hybridized carbons (Fsp3) is 0.455. The summed E-state index contributed by atoms with van der Waals surface area (Å²) in [6.45, 7) is 0.939. The summed E-state index contributed by atoms with van der Waals surface area (Å²) in [5, 5.41) is 6.08. The molecule has 1 aliphatic rings. The molecule has 1 fully saturated rings. The number of amides is 1. The summed E-state index contributed by atoms with van der Waals surface area (Å²) in [5.74, 6) is 0.0564. The molecule has 0 bridgehead atoms. The number of carbonyl (C=O) groups excluding carboxylic acids is 1. The normalized spacial score (nSPS) is 18.5. The number of aromatic nitrogens is 1. The van der Waals surface area contributed by atoms with Gasteiger partial charge >= 0.3 is 0 Å². The molecule has 2 heterocycles. The van der Waals surface area contributed by atoms with Crippen molar-refractivity contribution in [2.24, 2.45) is 0 Å². The number of piperidine rings is 1. The first kappa shape index (κ1) is 16.2. The Hall–Kier alpha value is -0.840. The quantitative estimate of drug-likeness (QED) is 0.870. The smallest absolute Gasteiger partial charge is 0.241 e. The fourth-order valence-corrected chi connectivity index (χ4v) is 1.74. The van der Waals surface area contributed by atoms with E-state index in [4.69, 9.17) is 0 Å². The number of halogens is 2. The number of pyridine rings is 1. The average molecular weight is 278 g/mol. The van der Waals surface area contributed by atoms with Crippen LogP contribution in [0.4, 0.5) is 5.69 Å². The Bertz CT molecular complexity index is 329. The Morgan fingerprint density at radius 2 is 2.00 bits per heavy atom. The van der Waals surface area contributed by atoms with E-state index >= 15 is 0 Å². The SMILES string of the molecule is Cl.Cl.O=C(Nc1ccncc1)[C@H]1CCCCN1. The van der Waals surface area contributed by atoms with Gasteiger partial charge in [-0.05, 0) is 31.5 Å². The van der Waals surface area contributed by atoms with Gasteiger partial charge in [-0.1, -0.05) is 6.42 Å². The van der Waals surface area contributed by atoms with Crippen LogP contribution < -0.4 is 10.6 Å². The summed E-state index contributed by atoms with van der Waals surface area (Å²) in [6.07, 6.45) is 6.56. The van der Waals surface area contributed by atoms with Gasteiger partial charge in [0.2, 0.25) is 5.91 Å². The summed E-state index contributed by atoms with van der Waals surface area (Å²) in [5.41, 5.74) is 0.808. The molecule has 1 amide bonds. The number of hydrogen-bond acceptors (Lipinski definition) is 3. The largest absolute Gasteiger partial charge is 0.325 e. The molecule has 17 heavy (non-hydrogen) atoms. The zero-order valence-corrected chi connectivity index (χ0v) is 11.0. The van der Waals surface area contributed by atoms with Gasteiger partial charge in [0.15, 0.2) is 0 Å². The second-order valence-corrected chi connectivity index (χ2v) is 3.73. The third-order valence-corrected chi connectivity index (χ3v) is 2.57. The van der Waals surface area contributed by atoms with Crippen LogP contribution in [0.1, 0.15) is 19.3 Å². The molecule has 4 nitrogen and oxygen atoms in total. The highest BCUT2D eigenvalue weighted by Gasteiger charge is 2.20. The van der Waals surface area contributed by atoms with Crippen LogP contribution in [0.25, 0.3) is 0 Å². The lowest BCUT2D eigenvalue weighted by atomic mass is 10.0. The Morgan fingerprint density at radius 3 is 2.59 bits per heavy atom. The number of rotatable bonds is 2. The van der Waals surface area contributed by atoms with Crippen LogP contribution in [0.3, 0.4) is 0 Å². The van der Waals surface area contributed by atoms with Gasteiger partial charge in [0, 0.05) is 18.1 Å². The number of nitrogens with one attached hydrogen (secondary N) is 2.